The number of rotatable bonds is 5. The summed E-state index contributed by atoms with van der Waals surface area (Å²) in [5.74, 6) is 1.26. The Labute approximate surface area is 150 Å². The number of nitrogen functional groups attached to an aromatic ring is 1. The maximum Gasteiger partial charge on any atom is 0.220 e. The first-order valence-corrected chi connectivity index (χ1v) is 7.76. The summed E-state index contributed by atoms with van der Waals surface area (Å²) in [6.45, 7) is 0. The predicted molar refractivity (Wildman–Crippen MR) is 96.9 cm³/mol. The Bertz CT molecular complexity index is 905. The number of benzene rings is 2. The molecule has 0 radical (unpaired) electrons. The standard InChI is InChI=1S/C19H18FN3O3/c1-24-15-8-12(9-16(25-2)18(15)26-3)17-14(10-22-19(21)23-17)11-4-6-13(20)7-5-11/h4-10H,1-3H3,(H2,21,22,23). The first-order valence-electron chi connectivity index (χ1n) is 7.76. The van der Waals surface area contributed by atoms with E-state index < -0.39 is 0 Å². The molecule has 134 valence electrons. The molecular formula is C19H18FN3O3. The number of hydrogen-bond acceptors (Lipinski definition) is 6. The molecule has 6 nitrogen and oxygen atoms in total. The van der Waals surface area contributed by atoms with E-state index in [0.717, 1.165) is 5.56 Å². The normalized spacial score (nSPS) is 10.5. The van der Waals surface area contributed by atoms with Crippen molar-refractivity contribution < 1.29 is 18.6 Å². The maximum atomic E-state index is 13.3. The van der Waals surface area contributed by atoms with Gasteiger partial charge in [-0.2, -0.15) is 0 Å². The van der Waals surface area contributed by atoms with Crippen molar-refractivity contribution in [2.24, 2.45) is 0 Å². The van der Waals surface area contributed by atoms with Crippen LogP contribution in [0, 0.1) is 5.82 Å². The Morgan fingerprint density at radius 3 is 2.04 bits per heavy atom. The third-order valence-corrected chi connectivity index (χ3v) is 3.90. The number of halogens is 1. The van der Waals surface area contributed by atoms with Crippen LogP contribution in [-0.4, -0.2) is 31.3 Å². The maximum absolute atomic E-state index is 13.3. The van der Waals surface area contributed by atoms with Gasteiger partial charge in [0.05, 0.1) is 27.0 Å². The molecule has 3 rings (SSSR count). The molecular weight excluding hydrogens is 337 g/mol. The lowest BCUT2D eigenvalue weighted by Crippen LogP contribution is -2.00. The number of ether oxygens (including phenoxy) is 3. The van der Waals surface area contributed by atoms with Crippen LogP contribution in [-0.2, 0) is 0 Å². The van der Waals surface area contributed by atoms with E-state index in [1.54, 1.807) is 30.5 Å². The fourth-order valence-corrected chi connectivity index (χ4v) is 2.67. The van der Waals surface area contributed by atoms with Crippen molar-refractivity contribution in [2.75, 3.05) is 27.1 Å². The minimum absolute atomic E-state index is 0.125. The van der Waals surface area contributed by atoms with Crippen molar-refractivity contribution in [1.82, 2.24) is 9.97 Å². The van der Waals surface area contributed by atoms with Gasteiger partial charge in [-0.05, 0) is 29.8 Å². The summed E-state index contributed by atoms with van der Waals surface area (Å²) < 4.78 is 29.4. The Hall–Kier alpha value is -3.35. The SMILES string of the molecule is COc1cc(-c2nc(N)ncc2-c2ccc(F)cc2)cc(OC)c1OC. The summed E-state index contributed by atoms with van der Waals surface area (Å²) in [6.07, 6.45) is 1.61. The summed E-state index contributed by atoms with van der Waals surface area (Å²) in [4.78, 5) is 8.44. The van der Waals surface area contributed by atoms with E-state index in [4.69, 9.17) is 19.9 Å². The molecule has 3 aromatic rings. The second kappa shape index (κ2) is 7.26. The lowest BCUT2D eigenvalue weighted by Gasteiger charge is -2.15. The van der Waals surface area contributed by atoms with Crippen molar-refractivity contribution in [3.05, 3.63) is 48.4 Å². The van der Waals surface area contributed by atoms with E-state index in [1.165, 1.54) is 33.5 Å². The van der Waals surface area contributed by atoms with Gasteiger partial charge in [0, 0.05) is 17.3 Å². The lowest BCUT2D eigenvalue weighted by atomic mass is 10.00. The van der Waals surface area contributed by atoms with Crippen molar-refractivity contribution in [2.45, 2.75) is 0 Å². The van der Waals surface area contributed by atoms with Gasteiger partial charge in [0.15, 0.2) is 11.5 Å². The highest BCUT2D eigenvalue weighted by Crippen LogP contribution is 2.42. The lowest BCUT2D eigenvalue weighted by molar-refractivity contribution is 0.324. The molecule has 2 N–H and O–H groups in total. The Balaban J connectivity index is 2.23. The zero-order valence-electron chi connectivity index (χ0n) is 14.6. The van der Waals surface area contributed by atoms with Crippen molar-refractivity contribution in [3.8, 4) is 39.6 Å². The van der Waals surface area contributed by atoms with E-state index in [2.05, 4.69) is 9.97 Å². The fourth-order valence-electron chi connectivity index (χ4n) is 2.67. The van der Waals surface area contributed by atoms with Crippen LogP contribution in [0.25, 0.3) is 22.4 Å². The molecule has 0 spiro atoms. The molecule has 2 aromatic carbocycles. The Morgan fingerprint density at radius 2 is 1.50 bits per heavy atom. The molecule has 0 unspecified atom stereocenters. The topological polar surface area (TPSA) is 79.5 Å². The van der Waals surface area contributed by atoms with Crippen LogP contribution in [0.5, 0.6) is 17.2 Å². The van der Waals surface area contributed by atoms with Gasteiger partial charge in [0.2, 0.25) is 11.7 Å². The van der Waals surface area contributed by atoms with Gasteiger partial charge in [0.1, 0.15) is 5.82 Å². The largest absolute Gasteiger partial charge is 0.493 e. The molecule has 0 bridgehead atoms. The molecule has 0 saturated heterocycles. The Kier molecular flexibility index (Phi) is 4.88. The highest BCUT2D eigenvalue weighted by atomic mass is 19.1. The molecule has 0 amide bonds. The van der Waals surface area contributed by atoms with Crippen LogP contribution in [0.1, 0.15) is 0 Å². The van der Waals surface area contributed by atoms with Gasteiger partial charge >= 0.3 is 0 Å². The predicted octanol–water partition coefficient (Wildman–Crippen LogP) is 3.56. The highest BCUT2D eigenvalue weighted by Gasteiger charge is 2.18. The molecule has 0 aliphatic carbocycles. The van der Waals surface area contributed by atoms with Gasteiger partial charge in [0.25, 0.3) is 0 Å². The van der Waals surface area contributed by atoms with E-state index >= 15 is 0 Å². The van der Waals surface area contributed by atoms with Crippen LogP contribution >= 0.6 is 0 Å². The first-order chi connectivity index (χ1) is 12.6. The van der Waals surface area contributed by atoms with Gasteiger partial charge < -0.3 is 19.9 Å². The van der Waals surface area contributed by atoms with Gasteiger partial charge in [-0.3, -0.25) is 0 Å². The van der Waals surface area contributed by atoms with Crippen LogP contribution in [0.3, 0.4) is 0 Å². The second-order valence-corrected chi connectivity index (χ2v) is 5.41. The molecule has 7 heteroatoms. The number of anilines is 1. The highest BCUT2D eigenvalue weighted by molar-refractivity contribution is 5.82. The van der Waals surface area contributed by atoms with Crippen molar-refractivity contribution in [1.29, 1.82) is 0 Å². The molecule has 0 fully saturated rings. The van der Waals surface area contributed by atoms with Gasteiger partial charge in [-0.1, -0.05) is 12.1 Å². The van der Waals surface area contributed by atoms with Crippen LogP contribution < -0.4 is 19.9 Å². The quantitative estimate of drug-likeness (QED) is 0.754. The third kappa shape index (κ3) is 3.23. The number of nitrogens with zero attached hydrogens (tertiary/aromatic N) is 2. The first kappa shape index (κ1) is 17.5. The van der Waals surface area contributed by atoms with Gasteiger partial charge in [-0.25, -0.2) is 14.4 Å². The zero-order valence-corrected chi connectivity index (χ0v) is 14.6. The van der Waals surface area contributed by atoms with Crippen molar-refractivity contribution in [3.63, 3.8) is 0 Å². The van der Waals surface area contributed by atoms with E-state index in [1.807, 2.05) is 0 Å². The summed E-state index contributed by atoms with van der Waals surface area (Å²) >= 11 is 0. The Morgan fingerprint density at radius 1 is 0.885 bits per heavy atom. The van der Waals surface area contributed by atoms with Crippen LogP contribution in [0.2, 0.25) is 0 Å². The number of nitrogens with two attached hydrogens (primary N) is 1. The van der Waals surface area contributed by atoms with E-state index in [-0.39, 0.29) is 11.8 Å². The fraction of sp³-hybridized carbons (Fsp3) is 0.158. The van der Waals surface area contributed by atoms with Crippen molar-refractivity contribution >= 4 is 5.95 Å². The third-order valence-electron chi connectivity index (χ3n) is 3.90. The molecule has 0 aliphatic heterocycles. The summed E-state index contributed by atoms with van der Waals surface area (Å²) in [5, 5.41) is 0. The average Bonchev–Trinajstić information content (AvgIpc) is 2.67. The minimum Gasteiger partial charge on any atom is -0.493 e. The van der Waals surface area contributed by atoms with Crippen LogP contribution in [0.15, 0.2) is 42.6 Å². The summed E-state index contributed by atoms with van der Waals surface area (Å²) in [6, 6.07) is 9.62. The molecule has 0 aliphatic rings. The van der Waals surface area contributed by atoms with E-state index in [9.17, 15) is 4.39 Å². The molecule has 0 saturated carbocycles. The minimum atomic E-state index is -0.320. The van der Waals surface area contributed by atoms with Crippen LogP contribution in [0.4, 0.5) is 10.3 Å². The molecule has 0 atom stereocenters. The number of hydrogen-bond donors (Lipinski definition) is 1. The van der Waals surface area contributed by atoms with Gasteiger partial charge in [-0.15, -0.1) is 0 Å². The zero-order chi connectivity index (χ0) is 18.7. The van der Waals surface area contributed by atoms with E-state index in [0.29, 0.717) is 34.1 Å². The summed E-state index contributed by atoms with van der Waals surface area (Å²) in [7, 11) is 4.61. The number of methoxy groups -OCH3 is 3. The summed E-state index contributed by atoms with van der Waals surface area (Å²) in [5.41, 5.74) is 8.53. The smallest absolute Gasteiger partial charge is 0.220 e. The molecule has 1 aromatic heterocycles. The number of aromatic nitrogens is 2. The second-order valence-electron chi connectivity index (χ2n) is 5.41. The molecule has 1 heterocycles. The monoisotopic (exact) mass is 355 g/mol. The molecule has 26 heavy (non-hydrogen) atoms. The average molecular weight is 355 g/mol.